The molecule has 100 valence electrons. The lowest BCUT2D eigenvalue weighted by atomic mass is 9.86. The van der Waals surface area contributed by atoms with Crippen molar-refractivity contribution < 1.29 is 4.79 Å². The van der Waals surface area contributed by atoms with Crippen molar-refractivity contribution in [3.63, 3.8) is 0 Å². The topological polar surface area (TPSA) is 20.3 Å². The van der Waals surface area contributed by atoms with Gasteiger partial charge in [-0.1, -0.05) is 19.3 Å². The van der Waals surface area contributed by atoms with Gasteiger partial charge < -0.3 is 0 Å². The highest BCUT2D eigenvalue weighted by Crippen LogP contribution is 2.24. The van der Waals surface area contributed by atoms with E-state index < -0.39 is 0 Å². The molecule has 1 rings (SSSR count). The molecule has 1 saturated carbocycles. The molecule has 0 aromatic carbocycles. The molecule has 0 heterocycles. The summed E-state index contributed by atoms with van der Waals surface area (Å²) < 4.78 is 0. The number of rotatable bonds is 7. The number of likely N-dealkylation sites (N-methyl/N-ethyl adjacent to an activating group) is 1. The zero-order chi connectivity index (χ0) is 12.7. The Hall–Kier alpha value is -0.0200. The molecule has 0 aromatic heterocycles. The molecule has 0 saturated heterocycles. The van der Waals surface area contributed by atoms with E-state index in [-0.39, 0.29) is 0 Å². The van der Waals surface area contributed by atoms with Crippen LogP contribution < -0.4 is 0 Å². The number of hydrogen-bond donors (Lipinski definition) is 0. The molecular weight excluding hydrogens is 230 g/mol. The maximum absolute atomic E-state index is 12.1. The fourth-order valence-electron chi connectivity index (χ4n) is 2.46. The largest absolute Gasteiger partial charge is 0.298 e. The van der Waals surface area contributed by atoms with E-state index in [1.165, 1.54) is 31.4 Å². The molecule has 3 heteroatoms. The highest BCUT2D eigenvalue weighted by Gasteiger charge is 2.23. The lowest BCUT2D eigenvalue weighted by Crippen LogP contribution is -2.37. The third kappa shape index (κ3) is 5.43. The van der Waals surface area contributed by atoms with Crippen molar-refractivity contribution in [2.45, 2.75) is 51.5 Å². The minimum absolute atomic E-state index is 0.360. The highest BCUT2D eigenvalue weighted by molar-refractivity contribution is 7.98. The molecular formula is C14H27NOS. The molecule has 1 aliphatic rings. The Balaban J connectivity index is 2.28. The van der Waals surface area contributed by atoms with Gasteiger partial charge in [0.1, 0.15) is 5.78 Å². The van der Waals surface area contributed by atoms with Crippen molar-refractivity contribution in [1.29, 1.82) is 0 Å². The Morgan fingerprint density at radius 3 is 2.59 bits per heavy atom. The summed E-state index contributed by atoms with van der Waals surface area (Å²) in [6.45, 7) is 2.88. The van der Waals surface area contributed by atoms with Gasteiger partial charge in [-0.25, -0.2) is 0 Å². The normalized spacial score (nSPS) is 19.5. The second-order valence-electron chi connectivity index (χ2n) is 5.35. The summed E-state index contributed by atoms with van der Waals surface area (Å²) in [4.78, 5) is 14.4. The van der Waals surface area contributed by atoms with Crippen molar-refractivity contribution >= 4 is 17.5 Å². The molecule has 2 nitrogen and oxygen atoms in total. The number of carbonyl (C=O) groups is 1. The molecule has 0 amide bonds. The van der Waals surface area contributed by atoms with Gasteiger partial charge in [0, 0.05) is 12.0 Å². The molecule has 17 heavy (non-hydrogen) atoms. The first kappa shape index (κ1) is 15.0. The molecule has 1 fully saturated rings. The number of Topliss-reactive ketones (excluding diaryl/α,β-unsaturated/α-hetero) is 1. The van der Waals surface area contributed by atoms with E-state index >= 15 is 0 Å². The van der Waals surface area contributed by atoms with Crippen LogP contribution in [0, 0.1) is 5.92 Å². The molecule has 0 N–H and O–H groups in total. The maximum Gasteiger partial charge on any atom is 0.149 e. The van der Waals surface area contributed by atoms with Crippen LogP contribution in [-0.2, 0) is 4.79 Å². The van der Waals surface area contributed by atoms with Gasteiger partial charge in [-0.2, -0.15) is 11.8 Å². The number of thioether (sulfide) groups is 1. The van der Waals surface area contributed by atoms with Gasteiger partial charge in [0.05, 0.1) is 6.54 Å². The zero-order valence-electron chi connectivity index (χ0n) is 11.6. The molecule has 1 aliphatic carbocycles. The third-order valence-corrected chi connectivity index (χ3v) is 4.60. The van der Waals surface area contributed by atoms with Crippen LogP contribution in [0.15, 0.2) is 0 Å². The first-order chi connectivity index (χ1) is 8.15. The number of ketones is 1. The number of nitrogens with zero attached hydrogens (tertiary/aromatic N) is 1. The Kier molecular flexibility index (Phi) is 7.21. The maximum atomic E-state index is 12.1. The van der Waals surface area contributed by atoms with Crippen LogP contribution in [0.1, 0.15) is 45.4 Å². The van der Waals surface area contributed by atoms with Crippen molar-refractivity contribution in [3.05, 3.63) is 0 Å². The lowest BCUT2D eigenvalue weighted by molar-refractivity contribution is -0.125. The number of carbonyl (C=O) groups excluding carboxylic acids is 1. The van der Waals surface area contributed by atoms with Gasteiger partial charge in [-0.15, -0.1) is 0 Å². The van der Waals surface area contributed by atoms with Gasteiger partial charge in [0.2, 0.25) is 0 Å². The summed E-state index contributed by atoms with van der Waals surface area (Å²) in [7, 11) is 2.09. The summed E-state index contributed by atoms with van der Waals surface area (Å²) in [5.74, 6) is 2.02. The van der Waals surface area contributed by atoms with Crippen molar-refractivity contribution in [2.75, 3.05) is 25.6 Å². The van der Waals surface area contributed by atoms with E-state index in [1.807, 2.05) is 11.8 Å². The van der Waals surface area contributed by atoms with E-state index in [0.29, 0.717) is 24.3 Å². The molecule has 1 atom stereocenters. The minimum Gasteiger partial charge on any atom is -0.298 e. The van der Waals surface area contributed by atoms with Crippen molar-refractivity contribution in [3.8, 4) is 0 Å². The monoisotopic (exact) mass is 257 g/mol. The average Bonchev–Trinajstić information content (AvgIpc) is 2.36. The fraction of sp³-hybridized carbons (Fsp3) is 0.929. The average molecular weight is 257 g/mol. The number of hydrogen-bond acceptors (Lipinski definition) is 3. The Morgan fingerprint density at radius 1 is 1.35 bits per heavy atom. The summed E-state index contributed by atoms with van der Waals surface area (Å²) in [5.41, 5.74) is 0. The third-order valence-electron chi connectivity index (χ3n) is 3.96. The molecule has 0 aliphatic heterocycles. The Morgan fingerprint density at radius 2 is 2.00 bits per heavy atom. The van der Waals surface area contributed by atoms with Crippen LogP contribution in [0.4, 0.5) is 0 Å². The lowest BCUT2D eigenvalue weighted by Gasteiger charge is -2.27. The molecule has 0 bridgehead atoms. The van der Waals surface area contributed by atoms with Gasteiger partial charge in [-0.05, 0) is 45.2 Å². The van der Waals surface area contributed by atoms with E-state index in [9.17, 15) is 4.79 Å². The van der Waals surface area contributed by atoms with Crippen LogP contribution in [-0.4, -0.2) is 42.3 Å². The van der Waals surface area contributed by atoms with E-state index in [1.54, 1.807) is 0 Å². The standard InChI is InChI=1S/C14H27NOS/c1-12(9-10-17-3)15(2)11-14(16)13-7-5-4-6-8-13/h12-13H,4-11H2,1-3H3. The van der Waals surface area contributed by atoms with Crippen LogP contribution >= 0.6 is 11.8 Å². The van der Waals surface area contributed by atoms with Crippen LogP contribution in [0.3, 0.4) is 0 Å². The highest BCUT2D eigenvalue weighted by atomic mass is 32.2. The Labute approximate surface area is 111 Å². The van der Waals surface area contributed by atoms with Crippen molar-refractivity contribution in [2.24, 2.45) is 5.92 Å². The quantitative estimate of drug-likeness (QED) is 0.698. The van der Waals surface area contributed by atoms with Crippen molar-refractivity contribution in [1.82, 2.24) is 4.90 Å². The second kappa shape index (κ2) is 8.15. The van der Waals surface area contributed by atoms with Gasteiger partial charge in [0.15, 0.2) is 0 Å². The summed E-state index contributed by atoms with van der Waals surface area (Å²) in [6, 6.07) is 0.523. The van der Waals surface area contributed by atoms with Gasteiger partial charge >= 0.3 is 0 Å². The zero-order valence-corrected chi connectivity index (χ0v) is 12.4. The molecule has 0 spiro atoms. The summed E-state index contributed by atoms with van der Waals surface area (Å²) in [5, 5.41) is 0. The fourth-order valence-corrected chi connectivity index (χ4v) is 3.04. The molecule has 0 radical (unpaired) electrons. The van der Waals surface area contributed by atoms with Gasteiger partial charge in [-0.3, -0.25) is 9.69 Å². The van der Waals surface area contributed by atoms with E-state index in [4.69, 9.17) is 0 Å². The van der Waals surface area contributed by atoms with Gasteiger partial charge in [0.25, 0.3) is 0 Å². The van der Waals surface area contributed by atoms with Crippen LogP contribution in [0.2, 0.25) is 0 Å². The Bertz CT molecular complexity index is 226. The first-order valence-corrected chi connectivity index (χ1v) is 8.26. The first-order valence-electron chi connectivity index (χ1n) is 6.87. The molecule has 1 unspecified atom stereocenters. The molecule has 0 aromatic rings. The SMILES string of the molecule is CSCCC(C)N(C)CC(=O)C1CCCCC1. The minimum atomic E-state index is 0.360. The van der Waals surface area contributed by atoms with E-state index in [2.05, 4.69) is 25.1 Å². The predicted octanol–water partition coefficient (Wildman–Crippen LogP) is 3.21. The van der Waals surface area contributed by atoms with E-state index in [0.717, 1.165) is 12.8 Å². The second-order valence-corrected chi connectivity index (χ2v) is 6.33. The summed E-state index contributed by atoms with van der Waals surface area (Å²) >= 11 is 1.88. The summed E-state index contributed by atoms with van der Waals surface area (Å²) in [6.07, 6.45) is 9.40. The van der Waals surface area contributed by atoms with Crippen LogP contribution in [0.25, 0.3) is 0 Å². The predicted molar refractivity (Wildman–Crippen MR) is 76.7 cm³/mol. The smallest absolute Gasteiger partial charge is 0.149 e. The van der Waals surface area contributed by atoms with Crippen LogP contribution in [0.5, 0.6) is 0 Å².